The van der Waals surface area contributed by atoms with Crippen LogP contribution in [0.2, 0.25) is 0 Å². The molecule has 0 bridgehead atoms. The van der Waals surface area contributed by atoms with Gasteiger partial charge in [-0.1, -0.05) is 28.1 Å². The van der Waals surface area contributed by atoms with E-state index in [-0.39, 0.29) is 11.9 Å². The molecule has 30 heavy (non-hydrogen) atoms. The Morgan fingerprint density at radius 2 is 1.77 bits per heavy atom. The molecule has 0 unspecified atom stereocenters. The highest BCUT2D eigenvalue weighted by Crippen LogP contribution is 2.32. The molecule has 6 heteroatoms. The van der Waals surface area contributed by atoms with Crippen LogP contribution in [0, 0.1) is 0 Å². The van der Waals surface area contributed by atoms with Crippen molar-refractivity contribution in [2.45, 2.75) is 45.1 Å². The van der Waals surface area contributed by atoms with Crippen molar-refractivity contribution in [1.82, 2.24) is 4.90 Å². The van der Waals surface area contributed by atoms with Gasteiger partial charge in [0.05, 0.1) is 6.61 Å². The monoisotopic (exact) mass is 473 g/mol. The van der Waals surface area contributed by atoms with Crippen LogP contribution >= 0.6 is 15.9 Å². The lowest BCUT2D eigenvalue weighted by molar-refractivity contribution is -0.158. The highest BCUT2D eigenvalue weighted by atomic mass is 79.9. The molecule has 1 fully saturated rings. The van der Waals surface area contributed by atoms with Gasteiger partial charge in [0.25, 0.3) is 5.91 Å². The summed E-state index contributed by atoms with van der Waals surface area (Å²) in [6.45, 7) is 6.97. The second-order valence-corrected chi connectivity index (χ2v) is 8.89. The molecule has 1 saturated heterocycles. The Balaban J connectivity index is 1.62. The van der Waals surface area contributed by atoms with E-state index < -0.39 is 5.60 Å². The van der Waals surface area contributed by atoms with Crippen molar-refractivity contribution in [3.05, 3.63) is 64.1 Å². The van der Waals surface area contributed by atoms with Crippen LogP contribution in [0.3, 0.4) is 0 Å². The maximum Gasteiger partial charge on any atom is 0.349 e. The Bertz CT molecular complexity index is 886. The van der Waals surface area contributed by atoms with Gasteiger partial charge in [-0.2, -0.15) is 0 Å². The van der Waals surface area contributed by atoms with Crippen LogP contribution in [-0.4, -0.2) is 42.1 Å². The van der Waals surface area contributed by atoms with E-state index in [4.69, 9.17) is 9.47 Å². The molecule has 0 atom stereocenters. The van der Waals surface area contributed by atoms with Crippen LogP contribution in [0.25, 0.3) is 0 Å². The lowest BCUT2D eigenvalue weighted by atomic mass is 9.89. The fourth-order valence-electron chi connectivity index (χ4n) is 3.66. The summed E-state index contributed by atoms with van der Waals surface area (Å²) in [5.74, 6) is 0.705. The molecule has 3 rings (SSSR count). The molecular formula is C24H28BrNO4. The van der Waals surface area contributed by atoms with Crippen LogP contribution in [0.1, 0.15) is 55.5 Å². The number of hydrogen-bond acceptors (Lipinski definition) is 4. The Hall–Kier alpha value is -2.34. The van der Waals surface area contributed by atoms with E-state index in [0.29, 0.717) is 23.8 Å². The SMILES string of the molecule is CCOC(=O)C(C)(C)Oc1cccc(C2CCN(C(=O)c3ccc(Br)cc3)CC2)c1. The molecular weight excluding hydrogens is 446 g/mol. The number of likely N-dealkylation sites (tertiary alicyclic amines) is 1. The number of ether oxygens (including phenoxy) is 2. The topological polar surface area (TPSA) is 55.8 Å². The van der Waals surface area contributed by atoms with E-state index in [1.807, 2.05) is 47.4 Å². The molecule has 2 aromatic rings. The summed E-state index contributed by atoms with van der Waals surface area (Å²) in [6, 6.07) is 15.4. The van der Waals surface area contributed by atoms with E-state index in [1.165, 1.54) is 5.56 Å². The number of hydrogen-bond donors (Lipinski definition) is 0. The maximum absolute atomic E-state index is 12.7. The normalized spacial score (nSPS) is 15.0. The van der Waals surface area contributed by atoms with E-state index in [0.717, 1.165) is 30.4 Å². The molecule has 1 amide bonds. The van der Waals surface area contributed by atoms with Gasteiger partial charge in [0.15, 0.2) is 5.60 Å². The number of piperidine rings is 1. The number of carbonyl (C=O) groups is 2. The minimum absolute atomic E-state index is 0.0780. The van der Waals surface area contributed by atoms with Gasteiger partial charge in [-0.15, -0.1) is 0 Å². The first kappa shape index (κ1) is 22.3. The summed E-state index contributed by atoms with van der Waals surface area (Å²) in [4.78, 5) is 26.8. The predicted octanol–water partition coefficient (Wildman–Crippen LogP) is 5.19. The molecule has 1 aliphatic heterocycles. The van der Waals surface area contributed by atoms with E-state index in [2.05, 4.69) is 22.0 Å². The Kier molecular flexibility index (Phi) is 7.19. The summed E-state index contributed by atoms with van der Waals surface area (Å²) in [7, 11) is 0. The van der Waals surface area contributed by atoms with Crippen molar-refractivity contribution in [2.24, 2.45) is 0 Å². The highest BCUT2D eigenvalue weighted by molar-refractivity contribution is 9.10. The molecule has 0 radical (unpaired) electrons. The zero-order valence-corrected chi connectivity index (χ0v) is 19.3. The molecule has 2 aromatic carbocycles. The van der Waals surface area contributed by atoms with E-state index in [9.17, 15) is 9.59 Å². The Morgan fingerprint density at radius 3 is 2.40 bits per heavy atom. The summed E-state index contributed by atoms with van der Waals surface area (Å²) in [5, 5.41) is 0. The minimum Gasteiger partial charge on any atom is -0.476 e. The highest BCUT2D eigenvalue weighted by Gasteiger charge is 2.32. The van der Waals surface area contributed by atoms with E-state index in [1.54, 1.807) is 20.8 Å². The first-order valence-corrected chi connectivity index (χ1v) is 11.1. The number of benzene rings is 2. The van der Waals surface area contributed by atoms with Crippen LogP contribution in [0.4, 0.5) is 0 Å². The second-order valence-electron chi connectivity index (χ2n) is 7.98. The lowest BCUT2D eigenvalue weighted by Gasteiger charge is -2.32. The third kappa shape index (κ3) is 5.42. The van der Waals surface area contributed by atoms with Gasteiger partial charge in [0, 0.05) is 23.1 Å². The van der Waals surface area contributed by atoms with Crippen LogP contribution in [0.15, 0.2) is 53.0 Å². The number of rotatable bonds is 6. The van der Waals surface area contributed by atoms with Crippen LogP contribution in [-0.2, 0) is 9.53 Å². The van der Waals surface area contributed by atoms with Gasteiger partial charge in [-0.3, -0.25) is 4.79 Å². The van der Waals surface area contributed by atoms with Crippen LogP contribution < -0.4 is 4.74 Å². The Morgan fingerprint density at radius 1 is 1.10 bits per heavy atom. The predicted molar refractivity (Wildman–Crippen MR) is 120 cm³/mol. The number of halogens is 1. The largest absolute Gasteiger partial charge is 0.476 e. The molecule has 0 N–H and O–H groups in total. The molecule has 0 aromatic heterocycles. The molecule has 160 valence electrons. The number of esters is 1. The molecule has 0 spiro atoms. The second kappa shape index (κ2) is 9.65. The van der Waals surface area contributed by atoms with Crippen molar-refractivity contribution in [2.75, 3.05) is 19.7 Å². The number of carbonyl (C=O) groups excluding carboxylic acids is 2. The number of amides is 1. The molecule has 5 nitrogen and oxygen atoms in total. The van der Waals surface area contributed by atoms with Gasteiger partial charge in [-0.25, -0.2) is 4.79 Å². The van der Waals surface area contributed by atoms with Gasteiger partial charge in [-0.05, 0) is 81.5 Å². The minimum atomic E-state index is -1.05. The van der Waals surface area contributed by atoms with E-state index >= 15 is 0 Å². The first-order chi connectivity index (χ1) is 14.3. The first-order valence-electron chi connectivity index (χ1n) is 10.3. The summed E-state index contributed by atoms with van der Waals surface area (Å²) in [6.07, 6.45) is 1.79. The fraction of sp³-hybridized carbons (Fsp3) is 0.417. The van der Waals surface area contributed by atoms with Crippen molar-refractivity contribution in [3.8, 4) is 5.75 Å². The van der Waals surface area contributed by atoms with Gasteiger partial charge in [0.1, 0.15) is 5.75 Å². The smallest absolute Gasteiger partial charge is 0.349 e. The fourth-order valence-corrected chi connectivity index (χ4v) is 3.93. The van der Waals surface area contributed by atoms with Gasteiger partial charge in [0.2, 0.25) is 0 Å². The lowest BCUT2D eigenvalue weighted by Crippen LogP contribution is -2.39. The number of nitrogens with zero attached hydrogens (tertiary/aromatic N) is 1. The average molecular weight is 474 g/mol. The Labute approximate surface area is 186 Å². The zero-order chi connectivity index (χ0) is 21.7. The summed E-state index contributed by atoms with van der Waals surface area (Å²) < 4.78 is 12.0. The van der Waals surface area contributed by atoms with Crippen LogP contribution in [0.5, 0.6) is 5.75 Å². The molecule has 0 aliphatic carbocycles. The molecule has 1 aliphatic rings. The quantitative estimate of drug-likeness (QED) is 0.541. The average Bonchev–Trinajstić information content (AvgIpc) is 2.74. The zero-order valence-electron chi connectivity index (χ0n) is 17.7. The van der Waals surface area contributed by atoms with Crippen molar-refractivity contribution in [1.29, 1.82) is 0 Å². The van der Waals surface area contributed by atoms with Crippen molar-refractivity contribution >= 4 is 27.8 Å². The van der Waals surface area contributed by atoms with Crippen molar-refractivity contribution < 1.29 is 19.1 Å². The van der Waals surface area contributed by atoms with Crippen molar-refractivity contribution in [3.63, 3.8) is 0 Å². The molecule has 1 heterocycles. The summed E-state index contributed by atoms with van der Waals surface area (Å²) >= 11 is 3.40. The third-order valence-electron chi connectivity index (χ3n) is 5.34. The van der Waals surface area contributed by atoms with Gasteiger partial charge < -0.3 is 14.4 Å². The standard InChI is InChI=1S/C24H28BrNO4/c1-4-29-23(28)24(2,3)30-21-7-5-6-19(16-21)17-12-14-26(15-13-17)22(27)18-8-10-20(25)11-9-18/h5-11,16-17H,4,12-15H2,1-3H3. The molecule has 0 saturated carbocycles. The maximum atomic E-state index is 12.7. The van der Waals surface area contributed by atoms with Gasteiger partial charge >= 0.3 is 5.97 Å². The summed E-state index contributed by atoms with van der Waals surface area (Å²) in [5.41, 5.74) is 0.839. The third-order valence-corrected chi connectivity index (χ3v) is 5.87.